The average Bonchev–Trinajstić information content (AvgIpc) is 2.99. The summed E-state index contributed by atoms with van der Waals surface area (Å²) in [6, 6.07) is 14.2. The molecule has 150 valence electrons. The molecule has 0 radical (unpaired) electrons. The molecule has 1 aliphatic heterocycles. The van der Waals surface area contributed by atoms with E-state index in [9.17, 15) is 14.4 Å². The maximum atomic E-state index is 12.2. The number of nitrogens with one attached hydrogen (secondary N) is 1. The van der Waals surface area contributed by atoms with E-state index in [2.05, 4.69) is 5.32 Å². The van der Waals surface area contributed by atoms with Gasteiger partial charge in [0.2, 0.25) is 0 Å². The lowest BCUT2D eigenvalue weighted by molar-refractivity contribution is -0.122. The number of amides is 3. The van der Waals surface area contributed by atoms with Crippen LogP contribution in [0.1, 0.15) is 12.5 Å². The van der Waals surface area contributed by atoms with Crippen molar-refractivity contribution in [2.75, 3.05) is 25.6 Å². The SMILES string of the molecule is CCN1C(=O)S/C(=C\c2ccc(OCC(=O)Nc3ccccc3)c(OC)c2)C1=O. The number of hydrogen-bond donors (Lipinski definition) is 1. The lowest BCUT2D eigenvalue weighted by Crippen LogP contribution is -2.27. The summed E-state index contributed by atoms with van der Waals surface area (Å²) < 4.78 is 10.9. The van der Waals surface area contributed by atoms with Crippen LogP contribution in [0.4, 0.5) is 10.5 Å². The predicted molar refractivity (Wildman–Crippen MR) is 112 cm³/mol. The fourth-order valence-electron chi connectivity index (χ4n) is 2.68. The Balaban J connectivity index is 1.68. The largest absolute Gasteiger partial charge is 0.493 e. The van der Waals surface area contributed by atoms with Crippen molar-refractivity contribution < 1.29 is 23.9 Å². The number of thioether (sulfide) groups is 1. The van der Waals surface area contributed by atoms with Gasteiger partial charge in [-0.15, -0.1) is 0 Å². The van der Waals surface area contributed by atoms with Gasteiger partial charge < -0.3 is 14.8 Å². The van der Waals surface area contributed by atoms with Crippen molar-refractivity contribution in [1.29, 1.82) is 0 Å². The number of likely N-dealkylation sites (N-methyl/N-ethyl adjacent to an activating group) is 1. The molecular weight excluding hydrogens is 392 g/mol. The van der Waals surface area contributed by atoms with E-state index in [0.29, 0.717) is 34.2 Å². The topological polar surface area (TPSA) is 84.9 Å². The highest BCUT2D eigenvalue weighted by Crippen LogP contribution is 2.34. The van der Waals surface area contributed by atoms with E-state index >= 15 is 0 Å². The van der Waals surface area contributed by atoms with Gasteiger partial charge in [0.25, 0.3) is 17.1 Å². The Morgan fingerprint density at radius 3 is 2.55 bits per heavy atom. The lowest BCUT2D eigenvalue weighted by Gasteiger charge is -2.12. The van der Waals surface area contributed by atoms with E-state index in [1.54, 1.807) is 43.3 Å². The molecule has 7 nitrogen and oxygen atoms in total. The number of imide groups is 1. The Labute approximate surface area is 172 Å². The van der Waals surface area contributed by atoms with Crippen molar-refractivity contribution in [3.8, 4) is 11.5 Å². The van der Waals surface area contributed by atoms with Crippen molar-refractivity contribution in [2.24, 2.45) is 0 Å². The molecule has 1 aliphatic rings. The van der Waals surface area contributed by atoms with Crippen molar-refractivity contribution >= 4 is 40.6 Å². The molecule has 3 amide bonds. The highest BCUT2D eigenvalue weighted by Gasteiger charge is 2.33. The first-order chi connectivity index (χ1) is 14.0. The Bertz CT molecular complexity index is 959. The lowest BCUT2D eigenvalue weighted by atomic mass is 10.2. The number of carbonyl (C=O) groups is 3. The van der Waals surface area contributed by atoms with Crippen molar-refractivity contribution in [3.05, 3.63) is 59.0 Å². The fourth-order valence-corrected chi connectivity index (χ4v) is 3.58. The zero-order chi connectivity index (χ0) is 20.8. The first-order valence-corrected chi connectivity index (χ1v) is 9.74. The van der Waals surface area contributed by atoms with Gasteiger partial charge in [0.1, 0.15) is 0 Å². The molecule has 0 saturated carbocycles. The summed E-state index contributed by atoms with van der Waals surface area (Å²) in [6.07, 6.45) is 1.63. The van der Waals surface area contributed by atoms with Gasteiger partial charge >= 0.3 is 0 Å². The van der Waals surface area contributed by atoms with E-state index in [4.69, 9.17) is 9.47 Å². The molecule has 1 heterocycles. The third kappa shape index (κ3) is 4.97. The summed E-state index contributed by atoms with van der Waals surface area (Å²) in [4.78, 5) is 37.6. The van der Waals surface area contributed by atoms with E-state index in [1.165, 1.54) is 12.0 Å². The van der Waals surface area contributed by atoms with Crippen LogP contribution < -0.4 is 14.8 Å². The number of hydrogen-bond acceptors (Lipinski definition) is 6. The molecule has 0 aromatic heterocycles. The van der Waals surface area contributed by atoms with Crippen LogP contribution in [0.5, 0.6) is 11.5 Å². The summed E-state index contributed by atoms with van der Waals surface area (Å²) in [5.74, 6) is 0.213. The van der Waals surface area contributed by atoms with Crippen LogP contribution in [0.2, 0.25) is 0 Å². The third-order valence-corrected chi connectivity index (χ3v) is 5.00. The number of benzene rings is 2. The van der Waals surface area contributed by atoms with Crippen molar-refractivity contribution in [1.82, 2.24) is 4.90 Å². The van der Waals surface area contributed by atoms with E-state index in [0.717, 1.165) is 11.8 Å². The highest BCUT2D eigenvalue weighted by molar-refractivity contribution is 8.18. The zero-order valence-corrected chi connectivity index (χ0v) is 16.8. The molecule has 2 aromatic carbocycles. The number of rotatable bonds is 7. The van der Waals surface area contributed by atoms with Crippen LogP contribution >= 0.6 is 11.8 Å². The van der Waals surface area contributed by atoms with Crippen molar-refractivity contribution in [2.45, 2.75) is 6.92 Å². The number of ether oxygens (including phenoxy) is 2. The molecule has 0 aliphatic carbocycles. The second-order valence-electron chi connectivity index (χ2n) is 6.04. The number of methoxy groups -OCH3 is 1. The standard InChI is InChI=1S/C21H20N2O5S/c1-3-23-20(25)18(29-21(23)26)12-14-9-10-16(17(11-14)27-2)28-13-19(24)22-15-7-5-4-6-8-15/h4-12H,3,13H2,1-2H3,(H,22,24)/b18-12-. The molecule has 29 heavy (non-hydrogen) atoms. The molecule has 0 atom stereocenters. The van der Waals surface area contributed by atoms with Crippen LogP contribution in [-0.2, 0) is 9.59 Å². The fraction of sp³-hybridized carbons (Fsp3) is 0.190. The van der Waals surface area contributed by atoms with Gasteiger partial charge in [-0.2, -0.15) is 0 Å². The monoisotopic (exact) mass is 412 g/mol. The Morgan fingerprint density at radius 1 is 1.14 bits per heavy atom. The van der Waals surface area contributed by atoms with Crippen LogP contribution in [0.15, 0.2) is 53.4 Å². The highest BCUT2D eigenvalue weighted by atomic mass is 32.2. The summed E-state index contributed by atoms with van der Waals surface area (Å²) >= 11 is 0.907. The third-order valence-electron chi connectivity index (χ3n) is 4.09. The van der Waals surface area contributed by atoms with Gasteiger partial charge in [0.05, 0.1) is 12.0 Å². The van der Waals surface area contributed by atoms with Crippen LogP contribution in [0, 0.1) is 0 Å². The second kappa shape index (κ2) is 9.29. The number of nitrogens with zero attached hydrogens (tertiary/aromatic N) is 1. The minimum absolute atomic E-state index is 0.181. The first-order valence-electron chi connectivity index (χ1n) is 8.93. The van der Waals surface area contributed by atoms with Gasteiger partial charge in [0, 0.05) is 12.2 Å². The molecule has 1 saturated heterocycles. The van der Waals surface area contributed by atoms with Crippen LogP contribution in [0.25, 0.3) is 6.08 Å². The minimum Gasteiger partial charge on any atom is -0.493 e. The molecule has 0 spiro atoms. The maximum Gasteiger partial charge on any atom is 0.293 e. The van der Waals surface area contributed by atoms with E-state index in [1.807, 2.05) is 18.2 Å². The average molecular weight is 412 g/mol. The number of carbonyl (C=O) groups excluding carboxylic acids is 3. The molecule has 1 N–H and O–H groups in total. The second-order valence-corrected chi connectivity index (χ2v) is 7.03. The maximum absolute atomic E-state index is 12.2. The summed E-state index contributed by atoms with van der Waals surface area (Å²) in [6.45, 7) is 1.91. The van der Waals surface area contributed by atoms with Gasteiger partial charge in [0.15, 0.2) is 18.1 Å². The first kappa shape index (κ1) is 20.5. The van der Waals surface area contributed by atoms with E-state index < -0.39 is 0 Å². The minimum atomic E-state index is -0.306. The van der Waals surface area contributed by atoms with E-state index in [-0.39, 0.29) is 23.7 Å². The Kier molecular flexibility index (Phi) is 6.56. The molecule has 0 bridgehead atoms. The summed E-state index contributed by atoms with van der Waals surface area (Å²) in [7, 11) is 1.49. The number of anilines is 1. The molecular formula is C21H20N2O5S. The Hall–Kier alpha value is -3.26. The summed E-state index contributed by atoms with van der Waals surface area (Å²) in [5.41, 5.74) is 1.37. The zero-order valence-electron chi connectivity index (χ0n) is 16.0. The normalized spacial score (nSPS) is 15.0. The molecule has 0 unspecified atom stereocenters. The number of para-hydroxylation sites is 1. The summed E-state index contributed by atoms with van der Waals surface area (Å²) in [5, 5.41) is 2.46. The molecule has 1 fully saturated rings. The van der Waals surface area contributed by atoms with Gasteiger partial charge in [-0.3, -0.25) is 19.3 Å². The van der Waals surface area contributed by atoms with Crippen LogP contribution in [-0.4, -0.2) is 42.2 Å². The van der Waals surface area contributed by atoms with Gasteiger partial charge in [-0.05, 0) is 54.6 Å². The quantitative estimate of drug-likeness (QED) is 0.697. The van der Waals surface area contributed by atoms with Gasteiger partial charge in [-0.25, -0.2) is 0 Å². The molecule has 3 rings (SSSR count). The molecule has 2 aromatic rings. The van der Waals surface area contributed by atoms with Crippen LogP contribution in [0.3, 0.4) is 0 Å². The van der Waals surface area contributed by atoms with Crippen molar-refractivity contribution in [3.63, 3.8) is 0 Å². The smallest absolute Gasteiger partial charge is 0.293 e. The Morgan fingerprint density at radius 2 is 1.90 bits per heavy atom. The molecule has 8 heteroatoms. The predicted octanol–water partition coefficient (Wildman–Crippen LogP) is 3.77. The van der Waals surface area contributed by atoms with Gasteiger partial charge in [-0.1, -0.05) is 24.3 Å².